The molecule has 0 aliphatic carbocycles. The Morgan fingerprint density at radius 3 is 1.09 bits per heavy atom. The van der Waals surface area contributed by atoms with Crippen molar-refractivity contribution in [3.63, 3.8) is 0 Å². The second kappa shape index (κ2) is 26.0. The van der Waals surface area contributed by atoms with Gasteiger partial charge in [-0.05, 0) is 25.0 Å². The number of unbranched alkanes of at least 4 members (excludes halogenated alkanes) is 20. The highest BCUT2D eigenvalue weighted by Crippen LogP contribution is 2.17. The number of anilines is 1. The summed E-state index contributed by atoms with van der Waals surface area (Å²) in [4.78, 5) is 12.0. The molecule has 204 valence electrons. The van der Waals surface area contributed by atoms with E-state index in [4.69, 9.17) is 9.68 Å². The normalized spacial score (nSPS) is 11.3. The molecule has 0 N–H and O–H groups in total. The van der Waals surface area contributed by atoms with Crippen LogP contribution in [0.5, 0.6) is 0 Å². The van der Waals surface area contributed by atoms with Crippen LogP contribution in [0.1, 0.15) is 155 Å². The highest BCUT2D eigenvalue weighted by Gasteiger charge is 2.08. The van der Waals surface area contributed by atoms with Gasteiger partial charge >= 0.3 is 0 Å². The Bertz CT molecular complexity index is 522. The van der Waals surface area contributed by atoms with Gasteiger partial charge in [-0.25, -0.2) is 9.68 Å². The highest BCUT2D eigenvalue weighted by atomic mass is 16.9. The van der Waals surface area contributed by atoms with E-state index in [1.807, 2.05) is 18.2 Å². The Hall–Kier alpha value is -1.06. The van der Waals surface area contributed by atoms with E-state index in [1.54, 1.807) is 5.23 Å². The fourth-order valence-corrected chi connectivity index (χ4v) is 4.56. The number of hydrogen-bond donors (Lipinski definition) is 0. The van der Waals surface area contributed by atoms with E-state index >= 15 is 0 Å². The summed E-state index contributed by atoms with van der Waals surface area (Å²) < 4.78 is 0. The predicted molar refractivity (Wildman–Crippen MR) is 154 cm³/mol. The molecule has 0 aliphatic heterocycles. The van der Waals surface area contributed by atoms with Gasteiger partial charge in [-0.3, -0.25) is 0 Å². The zero-order valence-electron chi connectivity index (χ0n) is 23.6. The summed E-state index contributed by atoms with van der Waals surface area (Å²) in [5, 5.41) is 1.66. The molecule has 0 aliphatic rings. The lowest BCUT2D eigenvalue weighted by Crippen LogP contribution is -2.25. The maximum Gasteiger partial charge on any atom is 0.0947 e. The predicted octanol–water partition coefficient (Wildman–Crippen LogP) is 11.0. The molecule has 3 heteroatoms. The third kappa shape index (κ3) is 20.8. The second-order valence-corrected chi connectivity index (χ2v) is 10.3. The van der Waals surface area contributed by atoms with Crippen LogP contribution in [0.3, 0.4) is 0 Å². The third-order valence-electron chi connectivity index (χ3n) is 6.88. The van der Waals surface area contributed by atoms with E-state index in [1.165, 1.54) is 128 Å². The van der Waals surface area contributed by atoms with Crippen molar-refractivity contribution in [2.75, 3.05) is 18.4 Å². The first-order valence-electron chi connectivity index (χ1n) is 15.5. The average molecular weight is 490 g/mol. The molecule has 1 rings (SSSR count). The molecule has 0 radical (unpaired) electrons. The van der Waals surface area contributed by atoms with Crippen molar-refractivity contribution in [1.82, 2.24) is 0 Å². The largest absolute Gasteiger partial charge is 0.249 e. The Balaban J connectivity index is 2.04. The van der Waals surface area contributed by atoms with Gasteiger partial charge in [0.05, 0.1) is 18.9 Å². The summed E-state index contributed by atoms with van der Waals surface area (Å²) in [6.45, 7) is 6.02. The number of nitrogens with zero attached hydrogens (tertiary/aromatic N) is 1. The first-order chi connectivity index (χ1) is 17.4. The minimum absolute atomic E-state index is 0.726. The molecule has 0 fully saturated rings. The summed E-state index contributed by atoms with van der Waals surface area (Å²) in [5.74, 6) is 0. The van der Waals surface area contributed by atoms with E-state index < -0.39 is 0 Å². The quantitative estimate of drug-likeness (QED) is 0.0905. The van der Waals surface area contributed by atoms with Crippen LogP contribution in [0.25, 0.3) is 0 Å². The van der Waals surface area contributed by atoms with Gasteiger partial charge in [0.25, 0.3) is 0 Å². The molecule has 0 saturated heterocycles. The third-order valence-corrected chi connectivity index (χ3v) is 6.88. The number of para-hydroxylation sites is 1. The summed E-state index contributed by atoms with van der Waals surface area (Å²) in [6.07, 6.45) is 29.7. The summed E-state index contributed by atoms with van der Waals surface area (Å²) in [5.41, 5.74) is 0.985. The van der Waals surface area contributed by atoms with Crippen molar-refractivity contribution in [1.29, 1.82) is 0 Å². The fraction of sp³-hybridized carbons (Fsp3) is 0.812. The maximum absolute atomic E-state index is 6.02. The molecule has 3 nitrogen and oxygen atoms in total. The van der Waals surface area contributed by atoms with Gasteiger partial charge in [0.2, 0.25) is 0 Å². The molecule has 0 heterocycles. The van der Waals surface area contributed by atoms with Crippen LogP contribution in [0.4, 0.5) is 5.69 Å². The molecule has 0 saturated carbocycles. The Morgan fingerprint density at radius 2 is 0.743 bits per heavy atom. The molecule has 1 aromatic carbocycles. The maximum atomic E-state index is 6.02. The van der Waals surface area contributed by atoms with E-state index in [2.05, 4.69) is 26.0 Å². The summed E-state index contributed by atoms with van der Waals surface area (Å²) in [6, 6.07) is 10.2. The SMILES string of the molecule is CCCCCCCCCCCCCCON(OCCCCCCCCCCCC)c1ccccc1. The van der Waals surface area contributed by atoms with Crippen LogP contribution in [0.2, 0.25) is 0 Å². The average Bonchev–Trinajstić information content (AvgIpc) is 2.89. The lowest BCUT2D eigenvalue weighted by molar-refractivity contribution is -0.0914. The zero-order chi connectivity index (χ0) is 25.1. The Labute approximate surface area is 219 Å². The van der Waals surface area contributed by atoms with Crippen LogP contribution < -0.4 is 5.23 Å². The zero-order valence-corrected chi connectivity index (χ0v) is 23.6. The molecule has 0 atom stereocenters. The summed E-state index contributed by atoms with van der Waals surface area (Å²) in [7, 11) is 0. The van der Waals surface area contributed by atoms with Crippen molar-refractivity contribution >= 4 is 5.69 Å². The number of benzene rings is 1. The van der Waals surface area contributed by atoms with E-state index in [0.717, 1.165) is 31.7 Å². The highest BCUT2D eigenvalue weighted by molar-refractivity contribution is 5.40. The molecule has 0 bridgehead atoms. The van der Waals surface area contributed by atoms with Gasteiger partial charge in [-0.1, -0.05) is 160 Å². The minimum atomic E-state index is 0.726. The lowest BCUT2D eigenvalue weighted by atomic mass is 10.1. The second-order valence-electron chi connectivity index (χ2n) is 10.3. The van der Waals surface area contributed by atoms with Crippen LogP contribution in [-0.2, 0) is 9.68 Å². The van der Waals surface area contributed by atoms with Gasteiger partial charge in [-0.15, -0.1) is 5.23 Å². The van der Waals surface area contributed by atoms with E-state index in [0.29, 0.717) is 0 Å². The molecule has 0 aromatic heterocycles. The number of rotatable bonds is 27. The monoisotopic (exact) mass is 489 g/mol. The topological polar surface area (TPSA) is 21.7 Å². The lowest BCUT2D eigenvalue weighted by Gasteiger charge is -2.22. The standard InChI is InChI=1S/C32H59NO2/c1-3-5-7-9-11-13-15-16-18-20-22-27-31-35-33(32-28-24-23-25-29-32)34-30-26-21-19-17-14-12-10-8-6-4-2/h23-25,28-29H,3-22,26-27,30-31H2,1-2H3. The smallest absolute Gasteiger partial charge is 0.0947 e. The van der Waals surface area contributed by atoms with E-state index in [9.17, 15) is 0 Å². The Kier molecular flexibility index (Phi) is 23.8. The minimum Gasteiger partial charge on any atom is -0.249 e. The van der Waals surface area contributed by atoms with Crippen molar-refractivity contribution in [2.45, 2.75) is 155 Å². The van der Waals surface area contributed by atoms with Gasteiger partial charge in [-0.2, -0.15) is 0 Å². The fourth-order valence-electron chi connectivity index (χ4n) is 4.56. The summed E-state index contributed by atoms with van der Waals surface area (Å²) >= 11 is 0. The van der Waals surface area contributed by atoms with Crippen molar-refractivity contribution in [3.8, 4) is 0 Å². The van der Waals surface area contributed by atoms with Crippen LogP contribution in [0.15, 0.2) is 30.3 Å². The van der Waals surface area contributed by atoms with Crippen molar-refractivity contribution < 1.29 is 9.68 Å². The number of hydrogen-bond acceptors (Lipinski definition) is 3. The van der Waals surface area contributed by atoms with Crippen LogP contribution in [-0.4, -0.2) is 13.2 Å². The van der Waals surface area contributed by atoms with Crippen molar-refractivity contribution in [2.24, 2.45) is 0 Å². The van der Waals surface area contributed by atoms with Crippen LogP contribution >= 0.6 is 0 Å². The molecule has 0 unspecified atom stereocenters. The molecular formula is C32H59NO2. The van der Waals surface area contributed by atoms with E-state index in [-0.39, 0.29) is 0 Å². The molecule has 0 amide bonds. The van der Waals surface area contributed by atoms with Gasteiger partial charge in [0.15, 0.2) is 0 Å². The first kappa shape index (κ1) is 32.0. The molecule has 35 heavy (non-hydrogen) atoms. The van der Waals surface area contributed by atoms with Crippen molar-refractivity contribution in [3.05, 3.63) is 30.3 Å². The van der Waals surface area contributed by atoms with Gasteiger partial charge in [0, 0.05) is 0 Å². The van der Waals surface area contributed by atoms with Gasteiger partial charge < -0.3 is 0 Å². The first-order valence-corrected chi connectivity index (χ1v) is 15.5. The molecule has 1 aromatic rings. The molecular weight excluding hydrogens is 430 g/mol. The molecule has 0 spiro atoms. The van der Waals surface area contributed by atoms with Crippen LogP contribution in [0, 0.1) is 0 Å². The van der Waals surface area contributed by atoms with Gasteiger partial charge in [0.1, 0.15) is 0 Å². The Morgan fingerprint density at radius 1 is 0.429 bits per heavy atom.